The molecular formula is C16H24ClN. The summed E-state index contributed by atoms with van der Waals surface area (Å²) < 4.78 is 0. The molecule has 0 radical (unpaired) electrons. The molecule has 0 aliphatic carbocycles. The minimum absolute atomic E-state index is 0. The van der Waals surface area contributed by atoms with Crippen molar-refractivity contribution in [2.24, 2.45) is 0 Å². The van der Waals surface area contributed by atoms with Gasteiger partial charge in [-0.3, -0.25) is 0 Å². The third-order valence-electron chi connectivity index (χ3n) is 4.04. The van der Waals surface area contributed by atoms with Gasteiger partial charge in [-0.25, -0.2) is 0 Å². The summed E-state index contributed by atoms with van der Waals surface area (Å²) in [4.78, 5) is 2.59. The van der Waals surface area contributed by atoms with Gasteiger partial charge in [0.25, 0.3) is 0 Å². The number of hydrogen-bond donors (Lipinski definition) is 0. The Morgan fingerprint density at radius 3 is 2.67 bits per heavy atom. The molecule has 2 heteroatoms. The first-order chi connectivity index (χ1) is 8.12. The highest BCUT2D eigenvalue weighted by atomic mass is 35.5. The van der Waals surface area contributed by atoms with Crippen molar-refractivity contribution >= 4 is 18.1 Å². The summed E-state index contributed by atoms with van der Waals surface area (Å²) in [6, 6.07) is 9.30. The molecule has 1 aliphatic rings. The first kappa shape index (κ1) is 15.1. The summed E-state index contributed by atoms with van der Waals surface area (Å²) in [5.74, 6) is 0. The highest BCUT2D eigenvalue weighted by Crippen LogP contribution is 2.41. The maximum Gasteiger partial charge on any atom is 0.0450 e. The van der Waals surface area contributed by atoms with E-state index in [1.807, 2.05) is 0 Å². The summed E-state index contributed by atoms with van der Waals surface area (Å²) in [7, 11) is 0. The molecule has 2 rings (SSSR count). The normalized spacial score (nSPS) is 23.9. The quantitative estimate of drug-likeness (QED) is 0.722. The third kappa shape index (κ3) is 2.42. The van der Waals surface area contributed by atoms with Crippen LogP contribution in [-0.2, 0) is 6.42 Å². The lowest BCUT2D eigenvalue weighted by molar-refractivity contribution is 0.414. The smallest absolute Gasteiger partial charge is 0.0450 e. The molecule has 0 bridgehead atoms. The Balaban J connectivity index is 0.00000162. The number of hydrogen-bond acceptors (Lipinski definition) is 1. The fourth-order valence-corrected chi connectivity index (χ4v) is 3.05. The number of fused-ring (bicyclic) bond motifs is 1. The minimum atomic E-state index is 0. The average molecular weight is 266 g/mol. The maximum atomic E-state index is 2.59. The Labute approximate surface area is 117 Å². The lowest BCUT2D eigenvalue weighted by Gasteiger charge is -2.40. The number of benzene rings is 1. The van der Waals surface area contributed by atoms with Crippen molar-refractivity contribution in [1.82, 2.24) is 0 Å². The van der Waals surface area contributed by atoms with Crippen LogP contribution in [0.2, 0.25) is 0 Å². The minimum Gasteiger partial charge on any atom is -0.359 e. The second-order valence-electron chi connectivity index (χ2n) is 5.29. The van der Waals surface area contributed by atoms with Gasteiger partial charge in [0.1, 0.15) is 0 Å². The molecule has 2 atom stereocenters. The molecule has 0 saturated carbocycles. The summed E-state index contributed by atoms with van der Waals surface area (Å²) in [6.45, 7) is 9.06. The van der Waals surface area contributed by atoms with E-state index in [1.165, 1.54) is 24.1 Å². The van der Waals surface area contributed by atoms with Gasteiger partial charge in [0.05, 0.1) is 0 Å². The zero-order chi connectivity index (χ0) is 12.5. The first-order valence-electron chi connectivity index (χ1n) is 6.62. The first-order valence-corrected chi connectivity index (χ1v) is 6.62. The number of rotatable bonds is 3. The second-order valence-corrected chi connectivity index (χ2v) is 5.29. The molecule has 1 heterocycles. The van der Waals surface area contributed by atoms with Crippen LogP contribution in [-0.4, -0.2) is 11.6 Å². The second kappa shape index (κ2) is 5.79. The van der Waals surface area contributed by atoms with Crippen LogP contribution < -0.4 is 4.90 Å². The van der Waals surface area contributed by atoms with Gasteiger partial charge in [0.15, 0.2) is 0 Å². The van der Waals surface area contributed by atoms with E-state index in [0.29, 0.717) is 6.04 Å². The van der Waals surface area contributed by atoms with E-state index in [2.05, 4.69) is 69.0 Å². The van der Waals surface area contributed by atoms with Gasteiger partial charge in [-0.15, -0.1) is 12.4 Å². The van der Waals surface area contributed by atoms with Gasteiger partial charge in [-0.1, -0.05) is 37.3 Å². The van der Waals surface area contributed by atoms with Crippen LogP contribution in [0.3, 0.4) is 0 Å². The van der Waals surface area contributed by atoms with Gasteiger partial charge >= 0.3 is 0 Å². The number of allylic oxidation sites excluding steroid dienone is 1. The summed E-state index contributed by atoms with van der Waals surface area (Å²) >= 11 is 0. The molecule has 0 fully saturated rings. The third-order valence-corrected chi connectivity index (χ3v) is 4.04. The summed E-state index contributed by atoms with van der Waals surface area (Å²) in [5, 5.41) is 0. The fourth-order valence-electron chi connectivity index (χ4n) is 3.05. The van der Waals surface area contributed by atoms with Crippen LogP contribution in [0.15, 0.2) is 36.4 Å². The molecule has 0 amide bonds. The van der Waals surface area contributed by atoms with E-state index in [9.17, 15) is 0 Å². The predicted octanol–water partition coefficient (Wildman–Crippen LogP) is 4.60. The molecular weight excluding hydrogens is 242 g/mol. The molecule has 1 nitrogen and oxygen atoms in total. The van der Waals surface area contributed by atoms with Gasteiger partial charge in [-0.2, -0.15) is 0 Å². The van der Waals surface area contributed by atoms with Crippen molar-refractivity contribution in [3.05, 3.63) is 42.0 Å². The maximum absolute atomic E-state index is 2.59. The molecule has 1 aromatic carbocycles. The van der Waals surface area contributed by atoms with Crippen LogP contribution in [0.4, 0.5) is 5.69 Å². The number of para-hydroxylation sites is 1. The van der Waals surface area contributed by atoms with Crippen LogP contribution >= 0.6 is 12.4 Å². The van der Waals surface area contributed by atoms with Crippen molar-refractivity contribution in [1.29, 1.82) is 0 Å². The van der Waals surface area contributed by atoms with Crippen LogP contribution in [0.25, 0.3) is 0 Å². The number of anilines is 1. The van der Waals surface area contributed by atoms with E-state index in [1.54, 1.807) is 0 Å². The van der Waals surface area contributed by atoms with E-state index in [-0.39, 0.29) is 17.9 Å². The van der Waals surface area contributed by atoms with Gasteiger partial charge in [-0.05, 0) is 45.2 Å². The molecule has 0 N–H and O–H groups in total. The van der Waals surface area contributed by atoms with Crippen molar-refractivity contribution < 1.29 is 0 Å². The van der Waals surface area contributed by atoms with Gasteiger partial charge in [0, 0.05) is 17.3 Å². The van der Waals surface area contributed by atoms with E-state index in [0.717, 1.165) is 0 Å². The Morgan fingerprint density at radius 1 is 1.39 bits per heavy atom. The molecule has 1 aliphatic heterocycles. The highest BCUT2D eigenvalue weighted by Gasteiger charge is 2.39. The Hall–Kier alpha value is -0.950. The lowest BCUT2D eigenvalue weighted by Crippen LogP contribution is -2.47. The molecule has 0 spiro atoms. The highest BCUT2D eigenvalue weighted by molar-refractivity contribution is 5.85. The van der Waals surface area contributed by atoms with Crippen LogP contribution in [0.1, 0.15) is 39.7 Å². The van der Waals surface area contributed by atoms with Crippen LogP contribution in [0, 0.1) is 0 Å². The molecule has 2 unspecified atom stereocenters. The molecule has 1 aromatic rings. The van der Waals surface area contributed by atoms with E-state index in [4.69, 9.17) is 0 Å². The summed E-state index contributed by atoms with van der Waals surface area (Å²) in [6.07, 6.45) is 6.79. The fraction of sp³-hybridized carbons (Fsp3) is 0.500. The Bertz CT molecular complexity index is 427. The van der Waals surface area contributed by atoms with Crippen molar-refractivity contribution in [2.45, 2.75) is 52.1 Å². The topological polar surface area (TPSA) is 3.24 Å². The number of nitrogens with zero attached hydrogens (tertiary/aromatic N) is 1. The Kier molecular flexibility index (Phi) is 4.86. The predicted molar refractivity (Wildman–Crippen MR) is 82.8 cm³/mol. The standard InChI is InChI=1S/C16H23N.ClH/c1-5-9-13(3)17-15-11-8-7-10-14(15)12-16(17,4)6-2;/h5,7-11,13H,6,12H2,1-4H3;1H. The summed E-state index contributed by atoms with van der Waals surface area (Å²) in [5.41, 5.74) is 3.18. The number of halogens is 1. The monoisotopic (exact) mass is 265 g/mol. The van der Waals surface area contributed by atoms with Crippen LogP contribution in [0.5, 0.6) is 0 Å². The molecule has 0 saturated heterocycles. The zero-order valence-electron chi connectivity index (χ0n) is 11.8. The zero-order valence-corrected chi connectivity index (χ0v) is 12.6. The average Bonchev–Trinajstić information content (AvgIpc) is 2.62. The SMILES string of the molecule is CC=CC(C)N1c2ccccc2CC1(C)CC.Cl. The lowest BCUT2D eigenvalue weighted by atomic mass is 9.92. The largest absolute Gasteiger partial charge is 0.359 e. The molecule has 100 valence electrons. The van der Waals surface area contributed by atoms with Crippen molar-refractivity contribution in [3.63, 3.8) is 0 Å². The van der Waals surface area contributed by atoms with E-state index >= 15 is 0 Å². The molecule has 0 aromatic heterocycles. The molecule has 18 heavy (non-hydrogen) atoms. The van der Waals surface area contributed by atoms with Gasteiger partial charge < -0.3 is 4.90 Å². The van der Waals surface area contributed by atoms with Crippen molar-refractivity contribution in [2.75, 3.05) is 4.90 Å². The van der Waals surface area contributed by atoms with E-state index < -0.39 is 0 Å². The van der Waals surface area contributed by atoms with Crippen molar-refractivity contribution in [3.8, 4) is 0 Å². The Morgan fingerprint density at radius 2 is 2.06 bits per heavy atom. The van der Waals surface area contributed by atoms with Gasteiger partial charge in [0.2, 0.25) is 0 Å².